The Balaban J connectivity index is 2.36. The molecule has 1 heterocycles. The Kier molecular flexibility index (Phi) is 2.50. The molecular formula is C11H14N2O. The highest BCUT2D eigenvalue weighted by Gasteiger charge is 2.06. The van der Waals surface area contributed by atoms with E-state index in [1.807, 2.05) is 32.2 Å². The van der Waals surface area contributed by atoms with Crippen molar-refractivity contribution >= 4 is 11.1 Å². The molecule has 2 rings (SSSR count). The lowest BCUT2D eigenvalue weighted by atomic mass is 10.2. The topological polar surface area (TPSA) is 38.1 Å². The summed E-state index contributed by atoms with van der Waals surface area (Å²) in [5.41, 5.74) is 3.04. The molecular weight excluding hydrogens is 176 g/mol. The lowest BCUT2D eigenvalue weighted by Crippen LogP contribution is -2.10. The molecule has 0 spiro atoms. The molecule has 3 nitrogen and oxygen atoms in total. The number of fused-ring (bicyclic) bond motifs is 1. The summed E-state index contributed by atoms with van der Waals surface area (Å²) >= 11 is 0. The Hall–Kier alpha value is -1.35. The Morgan fingerprint density at radius 3 is 3.00 bits per heavy atom. The first-order chi connectivity index (χ1) is 6.81. The third-order valence-electron chi connectivity index (χ3n) is 2.25. The minimum Gasteiger partial charge on any atom is -0.441 e. The molecule has 0 aliphatic heterocycles. The second kappa shape index (κ2) is 3.80. The maximum atomic E-state index is 5.60. The van der Waals surface area contributed by atoms with Crippen molar-refractivity contribution in [3.05, 3.63) is 29.7 Å². The standard InChI is InChI=1S/C11H14N2O/c1-8-4-3-5-9-11(8)13-10(14-9)6-7-12-2/h3-5,12H,6-7H2,1-2H3. The van der Waals surface area contributed by atoms with Crippen LogP contribution < -0.4 is 5.32 Å². The molecule has 0 saturated heterocycles. The molecule has 0 aliphatic rings. The monoisotopic (exact) mass is 190 g/mol. The van der Waals surface area contributed by atoms with Gasteiger partial charge in [-0.25, -0.2) is 4.98 Å². The lowest BCUT2D eigenvalue weighted by Gasteiger charge is -1.91. The second-order valence-electron chi connectivity index (χ2n) is 3.38. The molecule has 0 radical (unpaired) electrons. The number of oxazole rings is 1. The summed E-state index contributed by atoms with van der Waals surface area (Å²) < 4.78 is 5.60. The maximum Gasteiger partial charge on any atom is 0.196 e. The molecule has 0 unspecified atom stereocenters. The van der Waals surface area contributed by atoms with Crippen LogP contribution in [0.3, 0.4) is 0 Å². The highest BCUT2D eigenvalue weighted by molar-refractivity contribution is 5.76. The number of nitrogens with zero attached hydrogens (tertiary/aromatic N) is 1. The van der Waals surface area contributed by atoms with Gasteiger partial charge in [0, 0.05) is 13.0 Å². The Morgan fingerprint density at radius 2 is 2.29 bits per heavy atom. The van der Waals surface area contributed by atoms with Crippen molar-refractivity contribution in [1.29, 1.82) is 0 Å². The molecule has 1 aromatic carbocycles. The summed E-state index contributed by atoms with van der Waals surface area (Å²) in [7, 11) is 1.92. The SMILES string of the molecule is CNCCc1nc2c(C)cccc2o1. The number of nitrogens with one attached hydrogen (secondary N) is 1. The molecule has 1 N–H and O–H groups in total. The molecule has 0 atom stereocenters. The predicted octanol–water partition coefficient (Wildman–Crippen LogP) is 1.90. The molecule has 0 aliphatic carbocycles. The van der Waals surface area contributed by atoms with Crippen LogP contribution in [0.4, 0.5) is 0 Å². The van der Waals surface area contributed by atoms with E-state index in [1.54, 1.807) is 0 Å². The number of rotatable bonds is 3. The lowest BCUT2D eigenvalue weighted by molar-refractivity contribution is 0.522. The highest BCUT2D eigenvalue weighted by Crippen LogP contribution is 2.18. The van der Waals surface area contributed by atoms with E-state index >= 15 is 0 Å². The van der Waals surface area contributed by atoms with Gasteiger partial charge in [0.25, 0.3) is 0 Å². The molecule has 3 heteroatoms. The fourth-order valence-corrected chi connectivity index (χ4v) is 1.47. The number of hydrogen-bond acceptors (Lipinski definition) is 3. The van der Waals surface area contributed by atoms with E-state index in [9.17, 15) is 0 Å². The fourth-order valence-electron chi connectivity index (χ4n) is 1.47. The number of aromatic nitrogens is 1. The quantitative estimate of drug-likeness (QED) is 0.803. The van der Waals surface area contributed by atoms with Crippen LogP contribution in [0.25, 0.3) is 11.1 Å². The summed E-state index contributed by atoms with van der Waals surface area (Å²) in [4.78, 5) is 4.44. The molecule has 0 bridgehead atoms. The Morgan fingerprint density at radius 1 is 1.43 bits per heavy atom. The smallest absolute Gasteiger partial charge is 0.196 e. The number of benzene rings is 1. The second-order valence-corrected chi connectivity index (χ2v) is 3.38. The summed E-state index contributed by atoms with van der Waals surface area (Å²) in [6.45, 7) is 2.94. The summed E-state index contributed by atoms with van der Waals surface area (Å²) in [5.74, 6) is 0.809. The molecule has 0 amide bonds. The van der Waals surface area contributed by atoms with Gasteiger partial charge >= 0.3 is 0 Å². The molecule has 1 aromatic heterocycles. The van der Waals surface area contributed by atoms with Gasteiger partial charge in [-0.1, -0.05) is 12.1 Å². The molecule has 0 saturated carbocycles. The third kappa shape index (κ3) is 1.63. The first kappa shape index (κ1) is 9.21. The Bertz CT molecular complexity index is 434. The van der Waals surface area contributed by atoms with E-state index in [1.165, 1.54) is 5.56 Å². The van der Waals surface area contributed by atoms with Gasteiger partial charge in [-0.05, 0) is 25.6 Å². The maximum absolute atomic E-state index is 5.60. The first-order valence-corrected chi connectivity index (χ1v) is 4.81. The van der Waals surface area contributed by atoms with Crippen molar-refractivity contribution in [3.8, 4) is 0 Å². The largest absolute Gasteiger partial charge is 0.441 e. The van der Waals surface area contributed by atoms with Crippen LogP contribution in [0.2, 0.25) is 0 Å². The highest BCUT2D eigenvalue weighted by atomic mass is 16.3. The van der Waals surface area contributed by atoms with Crippen LogP contribution in [0.5, 0.6) is 0 Å². The van der Waals surface area contributed by atoms with E-state index in [4.69, 9.17) is 4.42 Å². The van der Waals surface area contributed by atoms with Crippen LogP contribution in [-0.4, -0.2) is 18.6 Å². The average molecular weight is 190 g/mol. The number of aryl methyl sites for hydroxylation is 1. The van der Waals surface area contributed by atoms with Crippen LogP contribution in [0.1, 0.15) is 11.5 Å². The molecule has 14 heavy (non-hydrogen) atoms. The van der Waals surface area contributed by atoms with Crippen molar-refractivity contribution in [2.75, 3.05) is 13.6 Å². The van der Waals surface area contributed by atoms with E-state index < -0.39 is 0 Å². The summed E-state index contributed by atoms with van der Waals surface area (Å²) in [6.07, 6.45) is 0.838. The minimum atomic E-state index is 0.809. The van der Waals surface area contributed by atoms with Crippen molar-refractivity contribution in [1.82, 2.24) is 10.3 Å². The van der Waals surface area contributed by atoms with E-state index in [-0.39, 0.29) is 0 Å². The van der Waals surface area contributed by atoms with Crippen LogP contribution >= 0.6 is 0 Å². The molecule has 2 aromatic rings. The van der Waals surface area contributed by atoms with Gasteiger partial charge in [0.1, 0.15) is 5.52 Å². The van der Waals surface area contributed by atoms with Crippen LogP contribution in [0, 0.1) is 6.92 Å². The van der Waals surface area contributed by atoms with Gasteiger partial charge in [0.05, 0.1) is 0 Å². The average Bonchev–Trinajstić information content (AvgIpc) is 2.59. The van der Waals surface area contributed by atoms with Gasteiger partial charge < -0.3 is 9.73 Å². The van der Waals surface area contributed by atoms with E-state index in [0.717, 1.165) is 30.0 Å². The van der Waals surface area contributed by atoms with Crippen molar-refractivity contribution in [2.24, 2.45) is 0 Å². The van der Waals surface area contributed by atoms with Crippen LogP contribution in [0.15, 0.2) is 22.6 Å². The number of likely N-dealkylation sites (N-methyl/N-ethyl adjacent to an activating group) is 1. The van der Waals surface area contributed by atoms with Gasteiger partial charge in [0.2, 0.25) is 0 Å². The van der Waals surface area contributed by atoms with Gasteiger partial charge in [-0.15, -0.1) is 0 Å². The first-order valence-electron chi connectivity index (χ1n) is 4.81. The van der Waals surface area contributed by atoms with Gasteiger partial charge in [0.15, 0.2) is 11.5 Å². The number of para-hydroxylation sites is 1. The van der Waals surface area contributed by atoms with Gasteiger partial charge in [-0.2, -0.15) is 0 Å². The van der Waals surface area contributed by atoms with Crippen molar-refractivity contribution in [2.45, 2.75) is 13.3 Å². The van der Waals surface area contributed by atoms with Crippen molar-refractivity contribution in [3.63, 3.8) is 0 Å². The summed E-state index contributed by atoms with van der Waals surface area (Å²) in [5, 5.41) is 3.08. The van der Waals surface area contributed by atoms with Gasteiger partial charge in [-0.3, -0.25) is 0 Å². The van der Waals surface area contributed by atoms with E-state index in [2.05, 4.69) is 10.3 Å². The molecule has 74 valence electrons. The van der Waals surface area contributed by atoms with E-state index in [0.29, 0.717) is 0 Å². The zero-order valence-electron chi connectivity index (χ0n) is 8.50. The normalized spacial score (nSPS) is 11.0. The fraction of sp³-hybridized carbons (Fsp3) is 0.364. The number of hydrogen-bond donors (Lipinski definition) is 1. The zero-order valence-corrected chi connectivity index (χ0v) is 8.50. The van der Waals surface area contributed by atoms with Crippen molar-refractivity contribution < 1.29 is 4.42 Å². The van der Waals surface area contributed by atoms with Crippen LogP contribution in [-0.2, 0) is 6.42 Å². The zero-order chi connectivity index (χ0) is 9.97. The minimum absolute atomic E-state index is 0.809. The predicted molar refractivity (Wildman–Crippen MR) is 56.4 cm³/mol. The summed E-state index contributed by atoms with van der Waals surface area (Å²) in [6, 6.07) is 6.00. The third-order valence-corrected chi connectivity index (χ3v) is 2.25. The Labute approximate surface area is 83.1 Å². The molecule has 0 fully saturated rings.